The first-order chi connectivity index (χ1) is 14.2. The topological polar surface area (TPSA) is 88.9 Å². The number of aliphatic imine (C=N–C) groups is 1. The quantitative estimate of drug-likeness (QED) is 0.377. The van der Waals surface area contributed by atoms with Crippen LogP contribution in [-0.4, -0.2) is 60.2 Å². The zero-order valence-electron chi connectivity index (χ0n) is 16.1. The summed E-state index contributed by atoms with van der Waals surface area (Å²) in [6.07, 6.45) is -2.96. The van der Waals surface area contributed by atoms with Gasteiger partial charge in [-0.2, -0.15) is 18.2 Å². The zero-order chi connectivity index (χ0) is 21.7. The van der Waals surface area contributed by atoms with Gasteiger partial charge in [-0.15, -0.1) is 0 Å². The van der Waals surface area contributed by atoms with E-state index in [1.54, 1.807) is 0 Å². The van der Waals surface area contributed by atoms with E-state index in [4.69, 9.17) is 4.52 Å². The van der Waals surface area contributed by atoms with Crippen molar-refractivity contribution in [2.45, 2.75) is 12.6 Å². The molecule has 0 spiro atoms. The van der Waals surface area contributed by atoms with Crippen molar-refractivity contribution in [3.05, 3.63) is 41.6 Å². The lowest BCUT2D eigenvalue weighted by molar-refractivity contribution is -0.759. The molecule has 1 aliphatic rings. The van der Waals surface area contributed by atoms with E-state index in [9.17, 15) is 23.1 Å². The van der Waals surface area contributed by atoms with Crippen molar-refractivity contribution in [3.8, 4) is 0 Å². The average molecular weight is 443 g/mol. The standard InChI is InChI=1S/C18H20F3N5O3S/c1-24-7-9-25(10-8-24)26-12-16(29-23-26)22-15(27)6-11-30-17(28)13-2-4-14(5-3-13)18(19,20)21/h2-5,12H,6-11H2,1H3. The SMILES string of the molecule is CN1CCN([n+]2cc(N=C([O-])CCSC(=O)c3ccc(C(F)(F)F)cc3)on2)CC1. The first-order valence-corrected chi connectivity index (χ1v) is 10.1. The summed E-state index contributed by atoms with van der Waals surface area (Å²) in [4.78, 5) is 19.6. The van der Waals surface area contributed by atoms with Gasteiger partial charge in [0.2, 0.25) is 10.4 Å². The predicted octanol–water partition coefficient (Wildman–Crippen LogP) is 1.22. The van der Waals surface area contributed by atoms with Crippen LogP contribution in [-0.2, 0) is 6.18 Å². The lowest BCUT2D eigenvalue weighted by Gasteiger charge is -2.26. The predicted molar refractivity (Wildman–Crippen MR) is 102 cm³/mol. The molecule has 1 fully saturated rings. The van der Waals surface area contributed by atoms with E-state index in [0.29, 0.717) is 0 Å². The molecule has 162 valence electrons. The zero-order valence-corrected chi connectivity index (χ0v) is 16.9. The summed E-state index contributed by atoms with van der Waals surface area (Å²) in [6, 6.07) is 3.95. The van der Waals surface area contributed by atoms with Crippen LogP contribution in [0.5, 0.6) is 0 Å². The number of likely N-dealkylation sites (N-methyl/N-ethyl adjacent to an activating group) is 1. The van der Waals surface area contributed by atoms with E-state index in [1.807, 2.05) is 12.1 Å². The summed E-state index contributed by atoms with van der Waals surface area (Å²) < 4.78 is 42.7. The molecule has 1 saturated heterocycles. The molecule has 0 amide bonds. The average Bonchev–Trinajstić information content (AvgIpc) is 3.16. The van der Waals surface area contributed by atoms with Crippen LogP contribution in [0.4, 0.5) is 19.1 Å². The van der Waals surface area contributed by atoms with Crippen molar-refractivity contribution in [2.24, 2.45) is 4.99 Å². The van der Waals surface area contributed by atoms with Crippen LogP contribution in [0, 0.1) is 0 Å². The molecule has 12 heteroatoms. The van der Waals surface area contributed by atoms with Gasteiger partial charge in [0.25, 0.3) is 6.20 Å². The van der Waals surface area contributed by atoms with Gasteiger partial charge in [0.1, 0.15) is 0 Å². The highest BCUT2D eigenvalue weighted by Gasteiger charge is 2.30. The Morgan fingerprint density at radius 3 is 2.57 bits per heavy atom. The van der Waals surface area contributed by atoms with E-state index >= 15 is 0 Å². The number of hydrogen-bond donors (Lipinski definition) is 0. The smallest absolute Gasteiger partial charge is 0.416 e. The summed E-state index contributed by atoms with van der Waals surface area (Å²) >= 11 is 0.845. The highest BCUT2D eigenvalue weighted by atomic mass is 32.2. The summed E-state index contributed by atoms with van der Waals surface area (Å²) in [5, 5.41) is 17.4. The van der Waals surface area contributed by atoms with E-state index in [2.05, 4.69) is 15.2 Å². The van der Waals surface area contributed by atoms with Gasteiger partial charge in [0.15, 0.2) is 0 Å². The van der Waals surface area contributed by atoms with Crippen LogP contribution in [0.1, 0.15) is 22.3 Å². The highest BCUT2D eigenvalue weighted by molar-refractivity contribution is 8.14. The first-order valence-electron chi connectivity index (χ1n) is 9.14. The second-order valence-corrected chi connectivity index (χ2v) is 7.75. The number of benzene rings is 1. The van der Waals surface area contributed by atoms with Crippen LogP contribution in [0.3, 0.4) is 0 Å². The molecular formula is C18H20F3N5O3S. The number of halogens is 3. The normalized spacial score (nSPS) is 16.1. The molecule has 0 bridgehead atoms. The van der Waals surface area contributed by atoms with Crippen molar-refractivity contribution >= 4 is 28.7 Å². The summed E-state index contributed by atoms with van der Waals surface area (Å²) in [6.45, 7) is 3.30. The largest absolute Gasteiger partial charge is 0.862 e. The maximum absolute atomic E-state index is 12.6. The maximum Gasteiger partial charge on any atom is 0.416 e. The summed E-state index contributed by atoms with van der Waals surface area (Å²) in [5.74, 6) is -0.267. The molecule has 0 aliphatic carbocycles. The Labute approximate surface area is 174 Å². The molecule has 0 atom stereocenters. The van der Waals surface area contributed by atoms with E-state index < -0.39 is 22.8 Å². The van der Waals surface area contributed by atoms with Crippen LogP contribution in [0.2, 0.25) is 0 Å². The van der Waals surface area contributed by atoms with E-state index in [-0.39, 0.29) is 23.6 Å². The van der Waals surface area contributed by atoms with Crippen molar-refractivity contribution in [1.29, 1.82) is 0 Å². The van der Waals surface area contributed by atoms with Gasteiger partial charge in [0.05, 0.1) is 23.4 Å². The molecule has 3 rings (SSSR count). The van der Waals surface area contributed by atoms with Gasteiger partial charge in [0, 0.05) is 24.4 Å². The Kier molecular flexibility index (Phi) is 6.98. The van der Waals surface area contributed by atoms with Crippen LogP contribution >= 0.6 is 11.8 Å². The van der Waals surface area contributed by atoms with Crippen molar-refractivity contribution in [1.82, 2.24) is 10.2 Å². The number of aromatic nitrogens is 2. The third kappa shape index (κ3) is 5.95. The van der Waals surface area contributed by atoms with Crippen LogP contribution in [0.25, 0.3) is 0 Å². The van der Waals surface area contributed by atoms with Crippen LogP contribution in [0.15, 0.2) is 40.0 Å². The number of piperazine rings is 1. The molecule has 0 unspecified atom stereocenters. The van der Waals surface area contributed by atoms with Crippen molar-refractivity contribution in [2.75, 3.05) is 44.0 Å². The fraction of sp³-hybridized carbons (Fsp3) is 0.444. The van der Waals surface area contributed by atoms with Gasteiger partial charge >= 0.3 is 12.1 Å². The van der Waals surface area contributed by atoms with Gasteiger partial charge in [-0.25, -0.2) is 4.99 Å². The minimum absolute atomic E-state index is 0.0216. The Balaban J connectivity index is 1.48. The van der Waals surface area contributed by atoms with Gasteiger partial charge in [-0.05, 0) is 43.6 Å². The molecule has 30 heavy (non-hydrogen) atoms. The maximum atomic E-state index is 12.6. The summed E-state index contributed by atoms with van der Waals surface area (Å²) in [5.41, 5.74) is -0.681. The molecule has 0 saturated carbocycles. The van der Waals surface area contributed by atoms with Crippen molar-refractivity contribution in [3.63, 3.8) is 0 Å². The number of hydrogen-bond acceptors (Lipinski definition) is 8. The number of alkyl halides is 3. The Bertz CT molecular complexity index is 893. The third-order valence-electron chi connectivity index (χ3n) is 4.45. The molecule has 2 heterocycles. The number of carbonyl (C=O) groups is 1. The Hall–Kier alpha value is -2.60. The molecule has 1 aromatic heterocycles. The lowest BCUT2D eigenvalue weighted by atomic mass is 10.1. The second-order valence-electron chi connectivity index (χ2n) is 6.68. The Morgan fingerprint density at radius 2 is 1.93 bits per heavy atom. The van der Waals surface area contributed by atoms with Crippen LogP contribution < -0.4 is 14.9 Å². The minimum atomic E-state index is -4.45. The molecule has 0 radical (unpaired) electrons. The number of rotatable bonds is 6. The minimum Gasteiger partial charge on any atom is -0.862 e. The number of nitrogens with zero attached hydrogens (tertiary/aromatic N) is 5. The molecule has 1 aromatic carbocycles. The fourth-order valence-corrected chi connectivity index (χ4v) is 3.47. The second kappa shape index (κ2) is 9.47. The molecule has 1 aliphatic heterocycles. The van der Waals surface area contributed by atoms with Gasteiger partial charge < -0.3 is 10.0 Å². The fourth-order valence-electron chi connectivity index (χ4n) is 2.70. The van der Waals surface area contributed by atoms with E-state index in [1.165, 1.54) is 11.0 Å². The number of thioether (sulfide) groups is 1. The molecule has 8 nitrogen and oxygen atoms in total. The molecule has 2 aromatic rings. The summed E-state index contributed by atoms with van der Waals surface area (Å²) in [7, 11) is 2.03. The van der Waals surface area contributed by atoms with E-state index in [0.717, 1.165) is 62.2 Å². The molecule has 0 N–H and O–H groups in total. The first kappa shape index (κ1) is 22.1. The number of carbonyl (C=O) groups excluding carboxylic acids is 1. The molecular weight excluding hydrogens is 423 g/mol. The highest BCUT2D eigenvalue weighted by Crippen LogP contribution is 2.29. The lowest BCUT2D eigenvalue weighted by Crippen LogP contribution is -2.64. The Morgan fingerprint density at radius 1 is 1.27 bits per heavy atom. The van der Waals surface area contributed by atoms with Gasteiger partial charge in [-0.3, -0.25) is 9.32 Å². The van der Waals surface area contributed by atoms with Gasteiger partial charge in [-0.1, -0.05) is 11.8 Å². The van der Waals surface area contributed by atoms with Crippen molar-refractivity contribution < 1.29 is 32.4 Å². The third-order valence-corrected chi connectivity index (χ3v) is 5.35. The monoisotopic (exact) mass is 443 g/mol.